The van der Waals surface area contributed by atoms with E-state index < -0.39 is 24.4 Å². The van der Waals surface area contributed by atoms with E-state index in [-0.39, 0.29) is 49.9 Å². The lowest BCUT2D eigenvalue weighted by molar-refractivity contribution is -0.138. The second-order valence-electron chi connectivity index (χ2n) is 6.58. The number of hydrogen-bond donors (Lipinski definition) is 4. The Labute approximate surface area is 286 Å². The standard InChI is InChI=1S/2C8H10N2O4.2C3H7NO2.2CH3I/c2*1-9-8(13)14-5-4-10-6(11)2-3-7(10)12;2*1-4-3(5)6-2;2*1-2/h2*2-3H,4-5H2,1H3,(H,9,13);2*1-2H3,(H,4,5);2*1H3/i;;;;2*1D. The SMILES string of the molecule is CNC(=O)OC.CNC(=O)OC.CNC(=O)OCCN1C(=O)C=CC1=O.CNC(=O)OCCN1C(=O)C=CC1=O.[2H]CI.[2H]CI. The lowest BCUT2D eigenvalue weighted by Gasteiger charge is -2.13. The minimum atomic E-state index is -0.586. The topological polar surface area (TPSA) is 228 Å². The Bertz CT molecular complexity index is 896. The number of nitrogens with one attached hydrogen (secondary N) is 4. The number of nitrogens with zero attached hydrogens (tertiary/aromatic N) is 2. The molecular weight excluding hydrogens is 818 g/mol. The van der Waals surface area contributed by atoms with Crippen LogP contribution in [0.4, 0.5) is 19.2 Å². The molecule has 252 valence electrons. The summed E-state index contributed by atoms with van der Waals surface area (Å²) in [4.78, 5) is 87.8. The van der Waals surface area contributed by atoms with Crippen LogP contribution in [0.1, 0.15) is 2.74 Å². The van der Waals surface area contributed by atoms with Gasteiger partial charge in [-0.3, -0.25) is 29.0 Å². The minimum absolute atomic E-state index is 0.00116. The van der Waals surface area contributed by atoms with Gasteiger partial charge in [0.1, 0.15) is 13.2 Å². The molecule has 0 saturated heterocycles. The number of alkyl carbamates (subject to hydrolysis) is 4. The summed E-state index contributed by atoms with van der Waals surface area (Å²) < 4.78 is 29.9. The van der Waals surface area contributed by atoms with E-state index in [1.54, 1.807) is 0 Å². The van der Waals surface area contributed by atoms with Gasteiger partial charge in [-0.25, -0.2) is 19.2 Å². The Kier molecular flexibility index (Phi) is 31.1. The van der Waals surface area contributed by atoms with Crippen LogP contribution in [0, 0.1) is 0 Å². The number of hydrogen-bond acceptors (Lipinski definition) is 12. The first-order chi connectivity index (χ1) is 21.7. The van der Waals surface area contributed by atoms with Crippen molar-refractivity contribution in [3.05, 3.63) is 24.3 Å². The number of carbonyl (C=O) groups is 8. The number of alkyl halides is 2. The molecule has 0 radical (unpaired) electrons. The van der Waals surface area contributed by atoms with Crippen molar-refractivity contribution in [3.63, 3.8) is 0 Å². The Hall–Kier alpha value is -3.70. The molecule has 0 atom stereocenters. The van der Waals surface area contributed by atoms with Crippen LogP contribution in [0.5, 0.6) is 0 Å². The van der Waals surface area contributed by atoms with Gasteiger partial charge in [0, 0.05) is 55.2 Å². The lowest BCUT2D eigenvalue weighted by Crippen LogP contribution is -2.34. The number of carbonyl (C=O) groups excluding carboxylic acids is 8. The largest absolute Gasteiger partial charge is 0.453 e. The van der Waals surface area contributed by atoms with Gasteiger partial charge in [0.2, 0.25) is 0 Å². The highest BCUT2D eigenvalue weighted by Gasteiger charge is 2.23. The summed E-state index contributed by atoms with van der Waals surface area (Å²) in [6.45, 7) is 0.161. The zero-order chi connectivity index (χ0) is 36.5. The Morgan fingerprint density at radius 1 is 0.614 bits per heavy atom. The third kappa shape index (κ3) is 24.9. The normalized spacial score (nSPS) is 12.2. The van der Waals surface area contributed by atoms with Crippen LogP contribution in [0.2, 0.25) is 0 Å². The summed E-state index contributed by atoms with van der Waals surface area (Å²) in [5.74, 6) is -1.52. The molecule has 2 aliphatic rings. The quantitative estimate of drug-likeness (QED) is 0.125. The molecule has 0 spiro atoms. The van der Waals surface area contributed by atoms with Crippen molar-refractivity contribution in [2.75, 3.05) is 78.5 Å². The molecule has 44 heavy (non-hydrogen) atoms. The van der Waals surface area contributed by atoms with Crippen molar-refractivity contribution in [2.45, 2.75) is 0 Å². The van der Waals surface area contributed by atoms with Crippen LogP contribution in [-0.2, 0) is 38.1 Å². The molecule has 0 unspecified atom stereocenters. The fourth-order valence-corrected chi connectivity index (χ4v) is 2.11. The fraction of sp³-hybridized carbons (Fsp3) is 0.500. The smallest absolute Gasteiger partial charge is 0.406 e. The zero-order valence-electron chi connectivity index (χ0n) is 27.1. The van der Waals surface area contributed by atoms with Crippen molar-refractivity contribution < 1.29 is 60.0 Å². The van der Waals surface area contributed by atoms with Gasteiger partial charge in [-0.2, -0.15) is 0 Å². The maximum absolute atomic E-state index is 11.0. The van der Waals surface area contributed by atoms with Gasteiger partial charge in [0.25, 0.3) is 23.6 Å². The number of ether oxygens (including phenoxy) is 4. The molecular formula is C24H40I2N6O12. The predicted molar refractivity (Wildman–Crippen MR) is 175 cm³/mol. The van der Waals surface area contributed by atoms with Crippen molar-refractivity contribution in [3.8, 4) is 0 Å². The molecule has 2 heterocycles. The van der Waals surface area contributed by atoms with Gasteiger partial charge in [0.15, 0.2) is 0 Å². The Morgan fingerprint density at radius 3 is 1.00 bits per heavy atom. The first kappa shape index (κ1) is 42.4. The maximum Gasteiger partial charge on any atom is 0.406 e. The van der Waals surface area contributed by atoms with E-state index in [9.17, 15) is 38.4 Å². The number of methoxy groups -OCH3 is 2. The molecule has 0 aliphatic carbocycles. The average Bonchev–Trinajstić information content (AvgIpc) is 3.55. The van der Waals surface area contributed by atoms with Gasteiger partial charge in [-0.05, 0) is 9.81 Å². The minimum Gasteiger partial charge on any atom is -0.453 e. The predicted octanol–water partition coefficient (Wildman–Crippen LogP) is 0.582. The second kappa shape index (κ2) is 32.2. The third-order valence-corrected chi connectivity index (χ3v) is 4.08. The van der Waals surface area contributed by atoms with E-state index >= 15 is 0 Å². The fourth-order valence-electron chi connectivity index (χ4n) is 2.11. The van der Waals surface area contributed by atoms with E-state index in [0.29, 0.717) is 9.81 Å². The maximum atomic E-state index is 11.0. The summed E-state index contributed by atoms with van der Waals surface area (Å²) in [5.41, 5.74) is 0. The highest BCUT2D eigenvalue weighted by molar-refractivity contribution is 14.1. The van der Waals surface area contributed by atoms with Crippen molar-refractivity contribution in [1.29, 1.82) is 0 Å². The molecule has 8 amide bonds. The first-order valence-corrected chi connectivity index (χ1v) is 14.8. The molecule has 0 fully saturated rings. The van der Waals surface area contributed by atoms with Gasteiger partial charge in [0.05, 0.1) is 27.3 Å². The lowest BCUT2D eigenvalue weighted by atomic mass is 10.5. The van der Waals surface area contributed by atoms with E-state index in [4.69, 9.17) is 2.74 Å². The van der Waals surface area contributed by atoms with Crippen molar-refractivity contribution >= 4 is 93.2 Å². The summed E-state index contributed by atoms with van der Waals surface area (Å²) in [5, 5.41) is 9.00. The highest BCUT2D eigenvalue weighted by Crippen LogP contribution is 2.03. The van der Waals surface area contributed by atoms with Crippen LogP contribution in [-0.4, -0.2) is 136 Å². The van der Waals surface area contributed by atoms with Crippen LogP contribution >= 0.6 is 45.2 Å². The van der Waals surface area contributed by atoms with Crippen LogP contribution in [0.15, 0.2) is 24.3 Å². The monoisotopic (exact) mass is 860 g/mol. The molecule has 2 rings (SSSR count). The van der Waals surface area contributed by atoms with E-state index in [2.05, 4.69) is 40.2 Å². The first-order valence-electron chi connectivity index (χ1n) is 13.1. The number of imide groups is 2. The molecule has 0 saturated carbocycles. The summed E-state index contributed by atoms with van der Waals surface area (Å²) >= 11 is 3.91. The number of amides is 8. The molecule has 0 aromatic heterocycles. The third-order valence-electron chi connectivity index (χ3n) is 4.08. The highest BCUT2D eigenvalue weighted by atomic mass is 127. The summed E-state index contributed by atoms with van der Waals surface area (Å²) in [6, 6.07) is 0. The van der Waals surface area contributed by atoms with Crippen LogP contribution < -0.4 is 21.3 Å². The molecule has 0 bridgehead atoms. The Morgan fingerprint density at radius 2 is 0.841 bits per heavy atom. The molecule has 4 N–H and O–H groups in total. The van der Waals surface area contributed by atoms with E-state index in [1.165, 1.54) is 66.7 Å². The summed E-state index contributed by atoms with van der Waals surface area (Å²) in [6.07, 6.45) is 2.74. The van der Waals surface area contributed by atoms with Crippen LogP contribution in [0.25, 0.3) is 0 Å². The molecule has 2 aliphatic heterocycles. The molecule has 18 nitrogen and oxygen atoms in total. The summed E-state index contributed by atoms with van der Waals surface area (Å²) in [7, 11) is 8.50. The van der Waals surface area contributed by atoms with E-state index in [0.717, 1.165) is 9.80 Å². The van der Waals surface area contributed by atoms with Gasteiger partial charge < -0.3 is 40.2 Å². The van der Waals surface area contributed by atoms with Crippen LogP contribution in [0.3, 0.4) is 0 Å². The van der Waals surface area contributed by atoms with Gasteiger partial charge in [-0.15, -0.1) is 0 Å². The van der Waals surface area contributed by atoms with Gasteiger partial charge in [-0.1, -0.05) is 45.2 Å². The molecule has 0 aromatic rings. The number of rotatable bonds is 6. The Balaban J connectivity index is -0.000000256. The average molecular weight is 860 g/mol. The zero-order valence-corrected chi connectivity index (χ0v) is 29.4. The molecule has 20 heteroatoms. The van der Waals surface area contributed by atoms with E-state index in [1.807, 2.05) is 45.2 Å². The number of halogens is 2. The van der Waals surface area contributed by atoms with Crippen molar-refractivity contribution in [2.24, 2.45) is 0 Å². The van der Waals surface area contributed by atoms with Crippen molar-refractivity contribution in [1.82, 2.24) is 31.1 Å². The molecule has 0 aromatic carbocycles. The second-order valence-corrected chi connectivity index (χ2v) is 6.58. The van der Waals surface area contributed by atoms with Gasteiger partial charge >= 0.3 is 24.4 Å².